The Bertz CT molecular complexity index is 1180. The second-order valence-corrected chi connectivity index (χ2v) is 6.79. The number of hydrogen-bond donors (Lipinski definition) is 1. The molecular weight excluding hydrogens is 402 g/mol. The number of hydrogen-bond acceptors (Lipinski definition) is 5. The molecule has 0 aliphatic heterocycles. The van der Waals surface area contributed by atoms with Crippen LogP contribution in [0.5, 0.6) is 5.75 Å². The normalized spacial score (nSPS) is 10.6. The summed E-state index contributed by atoms with van der Waals surface area (Å²) in [6.45, 7) is 0.274. The van der Waals surface area contributed by atoms with Gasteiger partial charge in [-0.2, -0.15) is 0 Å². The highest BCUT2D eigenvalue weighted by atomic mass is 35.5. The van der Waals surface area contributed by atoms with E-state index in [0.717, 1.165) is 11.1 Å². The van der Waals surface area contributed by atoms with Crippen LogP contribution >= 0.6 is 11.6 Å². The topological polar surface area (TPSA) is 81.9 Å². The Balaban J connectivity index is 1.74. The van der Waals surface area contributed by atoms with Crippen LogP contribution in [0.15, 0.2) is 73.1 Å². The molecule has 1 amide bonds. The summed E-state index contributed by atoms with van der Waals surface area (Å²) in [5, 5.41) is 11.9. The Kier molecular flexibility index (Phi) is 5.72. The van der Waals surface area contributed by atoms with Gasteiger partial charge in [0.15, 0.2) is 5.69 Å². The lowest BCUT2D eigenvalue weighted by Crippen LogP contribution is -2.24. The van der Waals surface area contributed by atoms with E-state index in [2.05, 4.69) is 20.6 Å². The van der Waals surface area contributed by atoms with Gasteiger partial charge in [-0.25, -0.2) is 4.68 Å². The minimum Gasteiger partial charge on any atom is -0.494 e. The van der Waals surface area contributed by atoms with Crippen molar-refractivity contribution >= 4 is 17.5 Å². The number of pyridine rings is 1. The van der Waals surface area contributed by atoms with Crippen molar-refractivity contribution in [2.24, 2.45) is 0 Å². The predicted molar refractivity (Wildman–Crippen MR) is 114 cm³/mol. The molecule has 4 aromatic rings. The number of methoxy groups -OCH3 is 1. The van der Waals surface area contributed by atoms with Crippen molar-refractivity contribution < 1.29 is 9.53 Å². The average molecular weight is 420 g/mol. The zero-order chi connectivity index (χ0) is 20.9. The number of para-hydroxylation sites is 2. The fourth-order valence-corrected chi connectivity index (χ4v) is 3.28. The Hall–Kier alpha value is -3.71. The van der Waals surface area contributed by atoms with Gasteiger partial charge >= 0.3 is 0 Å². The van der Waals surface area contributed by atoms with Crippen molar-refractivity contribution in [1.29, 1.82) is 0 Å². The molecule has 0 fully saturated rings. The lowest BCUT2D eigenvalue weighted by molar-refractivity contribution is 0.0946. The van der Waals surface area contributed by atoms with Gasteiger partial charge in [-0.05, 0) is 35.9 Å². The van der Waals surface area contributed by atoms with Gasteiger partial charge in [0.2, 0.25) is 0 Å². The molecule has 0 spiro atoms. The number of rotatable bonds is 6. The van der Waals surface area contributed by atoms with Crippen LogP contribution in [0.1, 0.15) is 16.1 Å². The van der Waals surface area contributed by atoms with E-state index in [4.69, 9.17) is 16.3 Å². The van der Waals surface area contributed by atoms with E-state index in [-0.39, 0.29) is 18.1 Å². The van der Waals surface area contributed by atoms with Crippen LogP contribution in [-0.4, -0.2) is 33.0 Å². The summed E-state index contributed by atoms with van der Waals surface area (Å²) in [7, 11) is 1.58. The van der Waals surface area contributed by atoms with E-state index in [9.17, 15) is 4.79 Å². The van der Waals surface area contributed by atoms with Crippen molar-refractivity contribution in [3.63, 3.8) is 0 Å². The Morgan fingerprint density at radius 2 is 1.80 bits per heavy atom. The highest BCUT2D eigenvalue weighted by Crippen LogP contribution is 2.29. The summed E-state index contributed by atoms with van der Waals surface area (Å²) in [5.74, 6) is 0.253. The minimum atomic E-state index is -0.358. The zero-order valence-electron chi connectivity index (χ0n) is 16.1. The first-order valence-electron chi connectivity index (χ1n) is 9.20. The largest absolute Gasteiger partial charge is 0.494 e. The van der Waals surface area contributed by atoms with Crippen molar-refractivity contribution in [2.75, 3.05) is 7.11 Å². The third-order valence-electron chi connectivity index (χ3n) is 4.55. The summed E-state index contributed by atoms with van der Waals surface area (Å²) >= 11 is 6.19. The first-order valence-corrected chi connectivity index (χ1v) is 9.58. The zero-order valence-corrected chi connectivity index (χ0v) is 16.9. The molecule has 0 saturated carbocycles. The van der Waals surface area contributed by atoms with Crippen molar-refractivity contribution in [3.8, 4) is 22.7 Å². The van der Waals surface area contributed by atoms with Gasteiger partial charge in [0, 0.05) is 29.5 Å². The lowest BCUT2D eigenvalue weighted by Gasteiger charge is -2.12. The lowest BCUT2D eigenvalue weighted by atomic mass is 10.1. The van der Waals surface area contributed by atoms with Crippen molar-refractivity contribution in [1.82, 2.24) is 25.3 Å². The number of aromatic nitrogens is 4. The molecule has 0 saturated heterocycles. The Morgan fingerprint density at radius 3 is 2.57 bits per heavy atom. The summed E-state index contributed by atoms with van der Waals surface area (Å²) in [6.07, 6.45) is 3.31. The van der Waals surface area contributed by atoms with E-state index >= 15 is 0 Å². The average Bonchev–Trinajstić information content (AvgIpc) is 3.24. The van der Waals surface area contributed by atoms with Gasteiger partial charge in [0.1, 0.15) is 17.1 Å². The van der Waals surface area contributed by atoms with Crippen LogP contribution in [0, 0.1) is 0 Å². The highest BCUT2D eigenvalue weighted by molar-refractivity contribution is 6.31. The molecule has 0 aliphatic carbocycles. The second-order valence-electron chi connectivity index (χ2n) is 6.38. The van der Waals surface area contributed by atoms with Crippen molar-refractivity contribution in [2.45, 2.75) is 6.54 Å². The maximum Gasteiger partial charge on any atom is 0.274 e. The van der Waals surface area contributed by atoms with Gasteiger partial charge in [-0.1, -0.05) is 47.1 Å². The van der Waals surface area contributed by atoms with Crippen LogP contribution in [0.25, 0.3) is 16.9 Å². The second kappa shape index (κ2) is 8.75. The third kappa shape index (κ3) is 3.88. The van der Waals surface area contributed by atoms with Crippen molar-refractivity contribution in [3.05, 3.63) is 89.3 Å². The molecule has 30 heavy (non-hydrogen) atoms. The molecule has 2 aromatic heterocycles. The monoisotopic (exact) mass is 419 g/mol. The number of ether oxygens (including phenoxy) is 1. The predicted octanol–water partition coefficient (Wildman–Crippen LogP) is 3.92. The van der Waals surface area contributed by atoms with Gasteiger partial charge in [0.05, 0.1) is 7.11 Å². The van der Waals surface area contributed by atoms with E-state index in [1.807, 2.05) is 42.5 Å². The number of carbonyl (C=O) groups excluding carboxylic acids is 1. The van der Waals surface area contributed by atoms with Crippen LogP contribution in [0.4, 0.5) is 0 Å². The molecule has 2 heterocycles. The maximum absolute atomic E-state index is 13.0. The quantitative estimate of drug-likeness (QED) is 0.512. The summed E-state index contributed by atoms with van der Waals surface area (Å²) < 4.78 is 7.06. The molecule has 0 unspecified atom stereocenters. The summed E-state index contributed by atoms with van der Waals surface area (Å²) in [5.41, 5.74) is 2.97. The molecule has 0 radical (unpaired) electrons. The molecule has 4 rings (SSSR count). The molecule has 2 aromatic carbocycles. The van der Waals surface area contributed by atoms with Gasteiger partial charge in [-0.3, -0.25) is 9.78 Å². The molecule has 0 atom stereocenters. The first-order chi connectivity index (χ1) is 14.7. The molecule has 0 bridgehead atoms. The number of halogens is 1. The van der Waals surface area contributed by atoms with Gasteiger partial charge < -0.3 is 10.1 Å². The molecule has 8 heteroatoms. The Morgan fingerprint density at radius 1 is 1.07 bits per heavy atom. The van der Waals surface area contributed by atoms with Crippen LogP contribution < -0.4 is 10.1 Å². The van der Waals surface area contributed by atoms with E-state index in [0.29, 0.717) is 22.2 Å². The molecular formula is C22H18ClN5O2. The number of benzene rings is 2. The molecule has 1 N–H and O–H groups in total. The van der Waals surface area contributed by atoms with E-state index in [1.165, 1.54) is 0 Å². The number of amides is 1. The number of nitrogens with zero attached hydrogens (tertiary/aromatic N) is 4. The fraction of sp³-hybridized carbons (Fsp3) is 0.0909. The van der Waals surface area contributed by atoms with E-state index < -0.39 is 0 Å². The number of carbonyl (C=O) groups is 1. The summed E-state index contributed by atoms with van der Waals surface area (Å²) in [6, 6.07) is 18.4. The SMILES string of the molecule is COc1ccccc1-n1nnc(C(=O)NCc2ccccc2Cl)c1-c1ccncc1. The van der Waals surface area contributed by atoms with E-state index in [1.54, 1.807) is 42.4 Å². The van der Waals surface area contributed by atoms with Crippen LogP contribution in [-0.2, 0) is 6.54 Å². The standard InChI is InChI=1S/C22H18ClN5O2/c1-30-19-9-5-4-8-18(19)28-21(15-10-12-24-13-11-15)20(26-27-28)22(29)25-14-16-6-2-3-7-17(16)23/h2-13H,14H2,1H3,(H,25,29). The minimum absolute atomic E-state index is 0.194. The van der Waals surface area contributed by atoms with Crippen LogP contribution in [0.3, 0.4) is 0 Å². The third-order valence-corrected chi connectivity index (χ3v) is 4.92. The first kappa shape index (κ1) is 19.6. The molecule has 150 valence electrons. The maximum atomic E-state index is 13.0. The molecule has 7 nitrogen and oxygen atoms in total. The van der Waals surface area contributed by atoms with Gasteiger partial charge in [-0.15, -0.1) is 5.10 Å². The Labute approximate surface area is 178 Å². The smallest absolute Gasteiger partial charge is 0.274 e. The molecule has 0 aliphatic rings. The number of nitrogens with one attached hydrogen (secondary N) is 1. The van der Waals surface area contributed by atoms with Crippen LogP contribution in [0.2, 0.25) is 5.02 Å². The summed E-state index contributed by atoms with van der Waals surface area (Å²) in [4.78, 5) is 17.1. The highest BCUT2D eigenvalue weighted by Gasteiger charge is 2.23. The fourth-order valence-electron chi connectivity index (χ4n) is 3.08. The van der Waals surface area contributed by atoms with Gasteiger partial charge in [0.25, 0.3) is 5.91 Å².